The van der Waals surface area contributed by atoms with E-state index >= 15 is 0 Å². The summed E-state index contributed by atoms with van der Waals surface area (Å²) in [7, 11) is 0. The Hall–Kier alpha value is -1.56. The van der Waals surface area contributed by atoms with Crippen molar-refractivity contribution in [1.29, 1.82) is 0 Å². The zero-order valence-electron chi connectivity index (χ0n) is 12.1. The standard InChI is InChI=1S/C15H20F3NO2/c1-10(9-14(21)19-8-7-11(2)20)12-3-5-13(6-4-12)15(16,17)18/h3-6,10-11,20H,7-9H2,1-2H3,(H,19,21). The molecule has 1 rings (SSSR count). The molecule has 0 aliphatic rings. The van der Waals surface area contributed by atoms with Crippen LogP contribution in [0.5, 0.6) is 0 Å². The second kappa shape index (κ2) is 7.45. The molecule has 2 unspecified atom stereocenters. The number of aliphatic hydroxyl groups is 1. The molecule has 0 spiro atoms. The van der Waals surface area contributed by atoms with Crippen molar-refractivity contribution in [3.63, 3.8) is 0 Å². The summed E-state index contributed by atoms with van der Waals surface area (Å²) in [5.74, 6) is -0.345. The Morgan fingerprint density at radius 2 is 1.81 bits per heavy atom. The molecule has 0 saturated heterocycles. The van der Waals surface area contributed by atoms with Crippen LogP contribution in [0.2, 0.25) is 0 Å². The average Bonchev–Trinajstić information content (AvgIpc) is 2.37. The first-order valence-electron chi connectivity index (χ1n) is 6.82. The number of hydrogen-bond donors (Lipinski definition) is 2. The zero-order chi connectivity index (χ0) is 16.0. The minimum Gasteiger partial charge on any atom is -0.393 e. The Balaban J connectivity index is 2.52. The molecule has 0 heterocycles. The highest BCUT2D eigenvalue weighted by atomic mass is 19.4. The number of alkyl halides is 3. The number of amides is 1. The molecule has 3 nitrogen and oxygen atoms in total. The fourth-order valence-corrected chi connectivity index (χ4v) is 1.89. The van der Waals surface area contributed by atoms with Crippen molar-refractivity contribution >= 4 is 5.91 Å². The van der Waals surface area contributed by atoms with Gasteiger partial charge in [0, 0.05) is 13.0 Å². The predicted octanol–water partition coefficient (Wildman–Crippen LogP) is 3.09. The molecule has 0 radical (unpaired) electrons. The van der Waals surface area contributed by atoms with Crippen molar-refractivity contribution in [1.82, 2.24) is 5.32 Å². The number of aliphatic hydroxyl groups excluding tert-OH is 1. The summed E-state index contributed by atoms with van der Waals surface area (Å²) < 4.78 is 37.4. The molecular weight excluding hydrogens is 283 g/mol. The third-order valence-electron chi connectivity index (χ3n) is 3.18. The van der Waals surface area contributed by atoms with Gasteiger partial charge in [0.05, 0.1) is 11.7 Å². The van der Waals surface area contributed by atoms with Crippen LogP contribution in [0.25, 0.3) is 0 Å². The molecule has 21 heavy (non-hydrogen) atoms. The lowest BCUT2D eigenvalue weighted by Gasteiger charge is -2.14. The first-order valence-corrected chi connectivity index (χ1v) is 6.82. The molecule has 0 aromatic heterocycles. The summed E-state index contributed by atoms with van der Waals surface area (Å²) in [6.07, 6.45) is -4.15. The summed E-state index contributed by atoms with van der Waals surface area (Å²) in [5, 5.41) is 11.7. The van der Waals surface area contributed by atoms with E-state index in [4.69, 9.17) is 5.11 Å². The summed E-state index contributed by atoms with van der Waals surface area (Å²) in [4.78, 5) is 11.7. The van der Waals surface area contributed by atoms with Crippen molar-refractivity contribution in [2.75, 3.05) is 6.54 Å². The number of halogens is 3. The topological polar surface area (TPSA) is 49.3 Å². The van der Waals surface area contributed by atoms with Gasteiger partial charge in [-0.1, -0.05) is 19.1 Å². The second-order valence-corrected chi connectivity index (χ2v) is 5.21. The SMILES string of the molecule is CC(O)CCNC(=O)CC(C)c1ccc(C(F)(F)F)cc1. The van der Waals surface area contributed by atoms with Crippen LogP contribution in [-0.2, 0) is 11.0 Å². The van der Waals surface area contributed by atoms with E-state index < -0.39 is 17.8 Å². The van der Waals surface area contributed by atoms with Crippen LogP contribution in [0.4, 0.5) is 13.2 Å². The maximum absolute atomic E-state index is 12.5. The fraction of sp³-hybridized carbons (Fsp3) is 0.533. The number of carbonyl (C=O) groups is 1. The van der Waals surface area contributed by atoms with Crippen LogP contribution in [0, 0.1) is 0 Å². The van der Waals surface area contributed by atoms with Gasteiger partial charge in [-0.05, 0) is 37.0 Å². The fourth-order valence-electron chi connectivity index (χ4n) is 1.89. The van der Waals surface area contributed by atoms with E-state index in [9.17, 15) is 18.0 Å². The molecule has 0 aliphatic carbocycles. The molecule has 0 aliphatic heterocycles. The number of rotatable bonds is 6. The molecule has 0 saturated carbocycles. The number of hydrogen-bond acceptors (Lipinski definition) is 2. The summed E-state index contributed by atoms with van der Waals surface area (Å²) >= 11 is 0. The van der Waals surface area contributed by atoms with Gasteiger partial charge in [0.15, 0.2) is 0 Å². The van der Waals surface area contributed by atoms with Gasteiger partial charge in [0.2, 0.25) is 5.91 Å². The van der Waals surface area contributed by atoms with Gasteiger partial charge in [0.1, 0.15) is 0 Å². The molecule has 1 amide bonds. The van der Waals surface area contributed by atoms with E-state index in [2.05, 4.69) is 5.32 Å². The Morgan fingerprint density at radius 1 is 1.24 bits per heavy atom. The van der Waals surface area contributed by atoms with E-state index in [0.29, 0.717) is 18.5 Å². The van der Waals surface area contributed by atoms with Crippen LogP contribution < -0.4 is 5.32 Å². The molecule has 1 aromatic rings. The monoisotopic (exact) mass is 303 g/mol. The highest BCUT2D eigenvalue weighted by Crippen LogP contribution is 2.30. The Bertz CT molecular complexity index is 455. The van der Waals surface area contributed by atoms with Crippen molar-refractivity contribution in [3.05, 3.63) is 35.4 Å². The average molecular weight is 303 g/mol. The molecule has 0 fully saturated rings. The quantitative estimate of drug-likeness (QED) is 0.848. The third kappa shape index (κ3) is 6.16. The van der Waals surface area contributed by atoms with Crippen LogP contribution >= 0.6 is 0 Å². The number of carbonyl (C=O) groups excluding carboxylic acids is 1. The van der Waals surface area contributed by atoms with Gasteiger partial charge in [-0.15, -0.1) is 0 Å². The van der Waals surface area contributed by atoms with Crippen LogP contribution in [-0.4, -0.2) is 23.7 Å². The lowest BCUT2D eigenvalue weighted by atomic mass is 9.96. The van der Waals surface area contributed by atoms with Crippen LogP contribution in [0.1, 0.15) is 43.7 Å². The molecule has 6 heteroatoms. The van der Waals surface area contributed by atoms with Gasteiger partial charge < -0.3 is 10.4 Å². The van der Waals surface area contributed by atoms with Gasteiger partial charge in [0.25, 0.3) is 0 Å². The Kier molecular flexibility index (Phi) is 6.20. The first-order chi connectivity index (χ1) is 9.70. The minimum absolute atomic E-state index is 0.168. The van der Waals surface area contributed by atoms with Gasteiger partial charge >= 0.3 is 6.18 Å². The molecule has 0 bridgehead atoms. The van der Waals surface area contributed by atoms with Crippen LogP contribution in [0.15, 0.2) is 24.3 Å². The minimum atomic E-state index is -4.35. The summed E-state index contributed by atoms with van der Waals surface area (Å²) in [6.45, 7) is 3.81. The Morgan fingerprint density at radius 3 is 2.29 bits per heavy atom. The highest BCUT2D eigenvalue weighted by molar-refractivity contribution is 5.76. The maximum Gasteiger partial charge on any atom is 0.416 e. The zero-order valence-corrected chi connectivity index (χ0v) is 12.1. The van der Waals surface area contributed by atoms with E-state index in [-0.39, 0.29) is 18.2 Å². The lowest BCUT2D eigenvalue weighted by molar-refractivity contribution is -0.137. The smallest absolute Gasteiger partial charge is 0.393 e. The first kappa shape index (κ1) is 17.5. The van der Waals surface area contributed by atoms with Gasteiger partial charge in [-0.2, -0.15) is 13.2 Å². The summed E-state index contributed by atoms with van der Waals surface area (Å²) in [6, 6.07) is 4.85. The maximum atomic E-state index is 12.5. The molecule has 1 aromatic carbocycles. The van der Waals surface area contributed by atoms with Crippen molar-refractivity contribution in [3.8, 4) is 0 Å². The molecular formula is C15H20F3NO2. The van der Waals surface area contributed by atoms with E-state index in [0.717, 1.165) is 12.1 Å². The molecule has 2 atom stereocenters. The van der Waals surface area contributed by atoms with Gasteiger partial charge in [-0.3, -0.25) is 4.79 Å². The van der Waals surface area contributed by atoms with Crippen LogP contribution in [0.3, 0.4) is 0 Å². The third-order valence-corrected chi connectivity index (χ3v) is 3.18. The van der Waals surface area contributed by atoms with E-state index in [1.807, 2.05) is 0 Å². The van der Waals surface area contributed by atoms with Crippen molar-refractivity contribution in [2.24, 2.45) is 0 Å². The Labute approximate surface area is 122 Å². The lowest BCUT2D eigenvalue weighted by Crippen LogP contribution is -2.27. The van der Waals surface area contributed by atoms with Gasteiger partial charge in [-0.25, -0.2) is 0 Å². The molecule has 2 N–H and O–H groups in total. The largest absolute Gasteiger partial charge is 0.416 e. The predicted molar refractivity (Wildman–Crippen MR) is 73.8 cm³/mol. The number of nitrogens with one attached hydrogen (secondary N) is 1. The van der Waals surface area contributed by atoms with Crippen molar-refractivity contribution in [2.45, 2.75) is 44.9 Å². The highest BCUT2D eigenvalue weighted by Gasteiger charge is 2.30. The van der Waals surface area contributed by atoms with Crippen molar-refractivity contribution < 1.29 is 23.1 Å². The second-order valence-electron chi connectivity index (χ2n) is 5.21. The number of benzene rings is 1. The normalized spacial score (nSPS) is 14.6. The summed E-state index contributed by atoms with van der Waals surface area (Å²) in [5.41, 5.74) is -0.00601. The molecule has 118 valence electrons. The van der Waals surface area contributed by atoms with E-state index in [1.165, 1.54) is 12.1 Å². The van der Waals surface area contributed by atoms with E-state index in [1.54, 1.807) is 13.8 Å².